The summed E-state index contributed by atoms with van der Waals surface area (Å²) < 4.78 is 4.51. The number of rotatable bonds is 1. The van der Waals surface area contributed by atoms with Crippen molar-refractivity contribution in [1.29, 1.82) is 0 Å². The molecule has 2 aliphatic rings. The second-order valence-electron chi connectivity index (χ2n) is 4.18. The first-order valence-corrected chi connectivity index (χ1v) is 4.82. The van der Waals surface area contributed by atoms with Gasteiger partial charge in [-0.05, 0) is 25.2 Å². The van der Waals surface area contributed by atoms with Crippen LogP contribution in [-0.2, 0) is 0 Å². The Morgan fingerprint density at radius 1 is 1.25 bits per heavy atom. The number of hydrogen-bond donors (Lipinski definition) is 1. The number of nitrogens with zero attached hydrogens (tertiary/aromatic N) is 1. The third-order valence-electron chi connectivity index (χ3n) is 3.12. The molecule has 0 amide bonds. The topological polar surface area (TPSA) is 40.1 Å². The molecule has 0 aromatic heterocycles. The van der Waals surface area contributed by atoms with E-state index in [-0.39, 0.29) is 6.04 Å². The van der Waals surface area contributed by atoms with Crippen LogP contribution in [0.3, 0.4) is 0 Å². The number of nitrogens with two attached hydrogens (primary N) is 1. The van der Waals surface area contributed by atoms with E-state index in [1.165, 1.54) is 18.6 Å². The Morgan fingerprint density at radius 3 is 2.50 bits per heavy atom. The molecule has 12 heavy (non-hydrogen) atoms. The van der Waals surface area contributed by atoms with Crippen LogP contribution in [-0.4, -0.2) is 17.5 Å². The predicted octanol–water partition coefficient (Wildman–Crippen LogP) is 0.733. The Bertz CT molecular complexity index is 257. The molecule has 1 aliphatic carbocycles. The Balaban J connectivity index is 2.24. The van der Waals surface area contributed by atoms with Crippen molar-refractivity contribution in [2.75, 3.05) is 0 Å². The first-order chi connectivity index (χ1) is 5.68. The van der Waals surface area contributed by atoms with E-state index in [9.17, 15) is 0 Å². The highest BCUT2D eigenvalue weighted by Gasteiger charge is 2.41. The molecule has 2 N–H and O–H groups in total. The van der Waals surface area contributed by atoms with Gasteiger partial charge in [0.1, 0.15) is 6.04 Å². The van der Waals surface area contributed by atoms with Gasteiger partial charge in [-0.1, -0.05) is 0 Å². The van der Waals surface area contributed by atoms with Crippen LogP contribution in [0.2, 0.25) is 0 Å². The SMILES string of the molecule is CC1=[N+]=C(C)C(C2CC2)CC1N. The molecule has 2 nitrogen and oxygen atoms in total. The predicted molar refractivity (Wildman–Crippen MR) is 52.3 cm³/mol. The second kappa shape index (κ2) is 2.72. The van der Waals surface area contributed by atoms with Gasteiger partial charge in [0.05, 0.1) is 5.92 Å². The fraction of sp³-hybridized carbons (Fsp3) is 0.800. The molecule has 0 spiro atoms. The summed E-state index contributed by atoms with van der Waals surface area (Å²) in [6.07, 6.45) is 3.92. The van der Waals surface area contributed by atoms with Gasteiger partial charge >= 0.3 is 0 Å². The lowest BCUT2D eigenvalue weighted by atomic mass is 9.88. The summed E-state index contributed by atoms with van der Waals surface area (Å²) in [5.41, 5.74) is 8.38. The van der Waals surface area contributed by atoms with E-state index >= 15 is 0 Å². The van der Waals surface area contributed by atoms with Gasteiger partial charge < -0.3 is 5.73 Å². The van der Waals surface area contributed by atoms with E-state index in [2.05, 4.69) is 11.6 Å². The molecule has 2 rings (SSSR count). The molecule has 0 saturated heterocycles. The third-order valence-corrected chi connectivity index (χ3v) is 3.12. The van der Waals surface area contributed by atoms with E-state index < -0.39 is 0 Å². The van der Waals surface area contributed by atoms with E-state index in [0.29, 0.717) is 5.92 Å². The molecular formula is C10H17N2+. The van der Waals surface area contributed by atoms with Gasteiger partial charge in [-0.25, -0.2) is 0 Å². The zero-order chi connectivity index (χ0) is 8.72. The molecule has 0 aromatic rings. The van der Waals surface area contributed by atoms with Crippen LogP contribution in [0.1, 0.15) is 33.1 Å². The van der Waals surface area contributed by atoms with Gasteiger partial charge in [0.15, 0.2) is 0 Å². The van der Waals surface area contributed by atoms with Gasteiger partial charge in [0, 0.05) is 13.8 Å². The van der Waals surface area contributed by atoms with Crippen molar-refractivity contribution >= 4 is 11.4 Å². The number of hydrogen-bond acceptors (Lipinski definition) is 1. The average molecular weight is 165 g/mol. The van der Waals surface area contributed by atoms with E-state index in [1.807, 2.05) is 6.92 Å². The van der Waals surface area contributed by atoms with Crippen LogP contribution in [0.5, 0.6) is 0 Å². The fourth-order valence-corrected chi connectivity index (χ4v) is 2.09. The molecule has 1 heterocycles. The summed E-state index contributed by atoms with van der Waals surface area (Å²) in [5, 5.41) is 0. The molecule has 2 heteroatoms. The van der Waals surface area contributed by atoms with E-state index in [0.717, 1.165) is 18.1 Å². The monoisotopic (exact) mass is 165 g/mol. The second-order valence-corrected chi connectivity index (χ2v) is 4.18. The maximum Gasteiger partial charge on any atom is 0.294 e. The van der Waals surface area contributed by atoms with Crippen molar-refractivity contribution in [2.45, 2.75) is 39.2 Å². The lowest BCUT2D eigenvalue weighted by Crippen LogP contribution is -2.39. The summed E-state index contributed by atoms with van der Waals surface area (Å²) in [4.78, 5) is 0. The standard InChI is InChI=1S/C10H17N2/c1-6-9(8-3-4-8)5-10(11)7(2)12-6/h8-10H,3-5,11H2,1-2H3/q+1. The van der Waals surface area contributed by atoms with Crippen LogP contribution in [0, 0.1) is 11.8 Å². The highest BCUT2D eigenvalue weighted by atomic mass is 14.8. The minimum Gasteiger partial charge on any atom is -0.318 e. The molecule has 66 valence electrons. The van der Waals surface area contributed by atoms with Crippen LogP contribution in [0.15, 0.2) is 0 Å². The average Bonchev–Trinajstić information content (AvgIpc) is 2.79. The van der Waals surface area contributed by atoms with Crippen LogP contribution in [0.4, 0.5) is 0 Å². The maximum absolute atomic E-state index is 5.95. The van der Waals surface area contributed by atoms with Crippen molar-refractivity contribution in [3.63, 3.8) is 0 Å². The van der Waals surface area contributed by atoms with E-state index in [1.54, 1.807) is 0 Å². The van der Waals surface area contributed by atoms with Crippen LogP contribution >= 0.6 is 0 Å². The smallest absolute Gasteiger partial charge is 0.294 e. The minimum absolute atomic E-state index is 0.222. The summed E-state index contributed by atoms with van der Waals surface area (Å²) in [6, 6.07) is 0.222. The lowest BCUT2D eigenvalue weighted by Gasteiger charge is -2.15. The molecule has 0 bridgehead atoms. The van der Waals surface area contributed by atoms with Crippen molar-refractivity contribution in [3.8, 4) is 0 Å². The molecule has 1 saturated carbocycles. The first kappa shape index (κ1) is 8.03. The Labute approximate surface area is 73.6 Å². The van der Waals surface area contributed by atoms with Gasteiger partial charge in [0.2, 0.25) is 0 Å². The van der Waals surface area contributed by atoms with Crippen molar-refractivity contribution < 1.29 is 0 Å². The highest BCUT2D eigenvalue weighted by Crippen LogP contribution is 2.39. The quantitative estimate of drug-likeness (QED) is 0.572. The molecule has 2 unspecified atom stereocenters. The molecule has 1 fully saturated rings. The minimum atomic E-state index is 0.222. The third kappa shape index (κ3) is 1.33. The van der Waals surface area contributed by atoms with Gasteiger partial charge in [-0.15, -0.1) is 4.67 Å². The Morgan fingerprint density at radius 2 is 1.92 bits per heavy atom. The zero-order valence-electron chi connectivity index (χ0n) is 7.88. The summed E-state index contributed by atoms with van der Waals surface area (Å²) in [5.74, 6) is 1.61. The highest BCUT2D eigenvalue weighted by molar-refractivity contribution is 5.97. The summed E-state index contributed by atoms with van der Waals surface area (Å²) >= 11 is 0. The zero-order valence-corrected chi connectivity index (χ0v) is 7.88. The fourth-order valence-electron chi connectivity index (χ4n) is 2.09. The van der Waals surface area contributed by atoms with Gasteiger partial charge in [-0.3, -0.25) is 0 Å². The van der Waals surface area contributed by atoms with Gasteiger partial charge in [0.25, 0.3) is 11.4 Å². The molecular weight excluding hydrogens is 148 g/mol. The lowest BCUT2D eigenvalue weighted by molar-refractivity contribution is 0.523. The maximum atomic E-state index is 5.95. The first-order valence-electron chi connectivity index (χ1n) is 4.82. The van der Waals surface area contributed by atoms with Crippen molar-refractivity contribution in [2.24, 2.45) is 17.6 Å². The molecule has 2 atom stereocenters. The normalized spacial score (nSPS) is 35.9. The molecule has 0 radical (unpaired) electrons. The van der Waals surface area contributed by atoms with Crippen molar-refractivity contribution in [1.82, 2.24) is 4.67 Å². The van der Waals surface area contributed by atoms with Crippen LogP contribution < -0.4 is 10.4 Å². The largest absolute Gasteiger partial charge is 0.318 e. The van der Waals surface area contributed by atoms with Crippen LogP contribution in [0.25, 0.3) is 0 Å². The van der Waals surface area contributed by atoms with Gasteiger partial charge in [-0.2, -0.15) is 0 Å². The summed E-state index contributed by atoms with van der Waals surface area (Å²) in [6.45, 7) is 4.19. The Hall–Kier alpha value is -0.590. The van der Waals surface area contributed by atoms with E-state index in [4.69, 9.17) is 5.73 Å². The molecule has 0 aromatic carbocycles. The molecule has 1 aliphatic heterocycles. The Kier molecular flexibility index (Phi) is 1.82. The summed E-state index contributed by atoms with van der Waals surface area (Å²) in [7, 11) is 0. The van der Waals surface area contributed by atoms with Crippen molar-refractivity contribution in [3.05, 3.63) is 0 Å².